The van der Waals surface area contributed by atoms with Crippen molar-refractivity contribution in [3.05, 3.63) is 90.0 Å². The van der Waals surface area contributed by atoms with Crippen LogP contribution in [0.15, 0.2) is 73.2 Å². The highest BCUT2D eigenvalue weighted by Crippen LogP contribution is 2.08. The Balaban J connectivity index is 1.47. The van der Waals surface area contributed by atoms with Crippen LogP contribution in [0.4, 0.5) is 5.69 Å². The largest absolute Gasteiger partial charge is 0.380 e. The number of nitrogens with zero attached hydrogens (tertiary/aromatic N) is 2. The van der Waals surface area contributed by atoms with E-state index < -0.39 is 0 Å². The fraction of sp³-hybridized carbons (Fsp3) is 0.150. The van der Waals surface area contributed by atoms with Crippen molar-refractivity contribution in [1.82, 2.24) is 15.3 Å². The van der Waals surface area contributed by atoms with Gasteiger partial charge in [-0.25, -0.2) is 4.98 Å². The van der Waals surface area contributed by atoms with Crippen molar-refractivity contribution >= 4 is 11.6 Å². The van der Waals surface area contributed by atoms with Gasteiger partial charge >= 0.3 is 0 Å². The molecule has 3 aromatic rings. The molecule has 0 spiro atoms. The monoisotopic (exact) mass is 332 g/mol. The minimum atomic E-state index is -0.156. The Morgan fingerprint density at radius 2 is 1.72 bits per heavy atom. The van der Waals surface area contributed by atoms with E-state index in [2.05, 4.69) is 20.6 Å². The van der Waals surface area contributed by atoms with Crippen LogP contribution in [0.1, 0.15) is 21.6 Å². The van der Waals surface area contributed by atoms with Crippen molar-refractivity contribution in [3.8, 4) is 0 Å². The molecule has 0 atom stereocenters. The maximum Gasteiger partial charge on any atom is 0.269 e. The van der Waals surface area contributed by atoms with Gasteiger partial charge in [-0.2, -0.15) is 0 Å². The summed E-state index contributed by atoms with van der Waals surface area (Å²) in [5.74, 6) is -0.156. The molecule has 1 aromatic carbocycles. The SMILES string of the molecule is O=C(NCCc1ccccc1)c1ccc(NCc2ccncc2)cn1. The number of hydrogen-bond acceptors (Lipinski definition) is 4. The Bertz CT molecular complexity index is 789. The van der Waals surface area contributed by atoms with Gasteiger partial charge in [0.2, 0.25) is 0 Å². The van der Waals surface area contributed by atoms with Gasteiger partial charge in [0.05, 0.1) is 11.9 Å². The number of carbonyl (C=O) groups is 1. The van der Waals surface area contributed by atoms with Gasteiger partial charge in [0.15, 0.2) is 0 Å². The van der Waals surface area contributed by atoms with Gasteiger partial charge < -0.3 is 10.6 Å². The number of rotatable bonds is 7. The van der Waals surface area contributed by atoms with Gasteiger partial charge in [-0.05, 0) is 41.8 Å². The molecule has 5 nitrogen and oxygen atoms in total. The summed E-state index contributed by atoms with van der Waals surface area (Å²) in [7, 11) is 0. The predicted octanol–water partition coefficient (Wildman–Crippen LogP) is 3.06. The molecule has 25 heavy (non-hydrogen) atoms. The number of pyridine rings is 2. The van der Waals surface area contributed by atoms with E-state index in [1.807, 2.05) is 48.5 Å². The summed E-state index contributed by atoms with van der Waals surface area (Å²) >= 11 is 0. The highest BCUT2D eigenvalue weighted by molar-refractivity contribution is 5.92. The fourth-order valence-electron chi connectivity index (χ4n) is 2.39. The Labute approximate surface area is 147 Å². The lowest BCUT2D eigenvalue weighted by atomic mass is 10.1. The van der Waals surface area contributed by atoms with Gasteiger partial charge in [0.25, 0.3) is 5.91 Å². The van der Waals surface area contributed by atoms with E-state index in [0.29, 0.717) is 18.8 Å². The van der Waals surface area contributed by atoms with E-state index in [1.54, 1.807) is 24.7 Å². The first-order valence-corrected chi connectivity index (χ1v) is 8.22. The summed E-state index contributed by atoms with van der Waals surface area (Å²) < 4.78 is 0. The standard InChI is InChI=1S/C20H20N4O/c25-20(22-13-10-16-4-2-1-3-5-16)19-7-6-18(15-24-19)23-14-17-8-11-21-12-9-17/h1-9,11-12,15,23H,10,13-14H2,(H,22,25). The van der Waals surface area contributed by atoms with Crippen LogP contribution in [0.25, 0.3) is 0 Å². The van der Waals surface area contributed by atoms with Gasteiger partial charge in [0.1, 0.15) is 5.69 Å². The van der Waals surface area contributed by atoms with Crippen molar-refractivity contribution in [1.29, 1.82) is 0 Å². The van der Waals surface area contributed by atoms with E-state index in [9.17, 15) is 4.79 Å². The Hall–Kier alpha value is -3.21. The van der Waals surface area contributed by atoms with Crippen LogP contribution in [-0.4, -0.2) is 22.4 Å². The molecule has 0 aliphatic carbocycles. The van der Waals surface area contributed by atoms with Crippen molar-refractivity contribution in [2.24, 2.45) is 0 Å². The molecule has 3 rings (SSSR count). The van der Waals surface area contributed by atoms with Gasteiger partial charge in [-0.3, -0.25) is 9.78 Å². The fourth-order valence-corrected chi connectivity index (χ4v) is 2.39. The molecule has 0 bridgehead atoms. The van der Waals surface area contributed by atoms with Crippen LogP contribution in [0.5, 0.6) is 0 Å². The molecular formula is C20H20N4O. The lowest BCUT2D eigenvalue weighted by Gasteiger charge is -2.08. The molecule has 0 fully saturated rings. The average molecular weight is 332 g/mol. The second-order valence-corrected chi connectivity index (χ2v) is 5.63. The van der Waals surface area contributed by atoms with Crippen LogP contribution < -0.4 is 10.6 Å². The van der Waals surface area contributed by atoms with Gasteiger partial charge in [-0.1, -0.05) is 30.3 Å². The lowest BCUT2D eigenvalue weighted by Crippen LogP contribution is -2.26. The Morgan fingerprint density at radius 3 is 2.44 bits per heavy atom. The lowest BCUT2D eigenvalue weighted by molar-refractivity contribution is 0.0949. The summed E-state index contributed by atoms with van der Waals surface area (Å²) in [4.78, 5) is 20.3. The zero-order chi connectivity index (χ0) is 17.3. The van der Waals surface area contributed by atoms with Crippen LogP contribution in [0.2, 0.25) is 0 Å². The summed E-state index contributed by atoms with van der Waals surface area (Å²) in [5.41, 5.74) is 3.63. The first-order valence-electron chi connectivity index (χ1n) is 8.22. The van der Waals surface area contributed by atoms with E-state index in [4.69, 9.17) is 0 Å². The molecule has 5 heteroatoms. The molecule has 0 radical (unpaired) electrons. The first-order chi connectivity index (χ1) is 12.3. The average Bonchev–Trinajstić information content (AvgIpc) is 2.68. The predicted molar refractivity (Wildman–Crippen MR) is 98.3 cm³/mol. The van der Waals surface area contributed by atoms with Crippen LogP contribution >= 0.6 is 0 Å². The molecule has 1 amide bonds. The minimum absolute atomic E-state index is 0.156. The van der Waals surface area contributed by atoms with Crippen molar-refractivity contribution in [2.45, 2.75) is 13.0 Å². The summed E-state index contributed by atoms with van der Waals surface area (Å²) in [5, 5.41) is 6.17. The molecule has 0 saturated heterocycles. The van der Waals surface area contributed by atoms with E-state index >= 15 is 0 Å². The molecule has 126 valence electrons. The molecule has 0 saturated carbocycles. The van der Waals surface area contributed by atoms with E-state index in [1.165, 1.54) is 5.56 Å². The number of aromatic nitrogens is 2. The van der Waals surface area contributed by atoms with Gasteiger partial charge in [-0.15, -0.1) is 0 Å². The molecule has 2 N–H and O–H groups in total. The smallest absolute Gasteiger partial charge is 0.269 e. The van der Waals surface area contributed by atoms with E-state index in [0.717, 1.165) is 17.7 Å². The van der Waals surface area contributed by atoms with Crippen molar-refractivity contribution < 1.29 is 4.79 Å². The number of benzene rings is 1. The quantitative estimate of drug-likeness (QED) is 0.698. The molecule has 0 aliphatic rings. The Kier molecular flexibility index (Phi) is 5.72. The number of carbonyl (C=O) groups excluding carboxylic acids is 1. The van der Waals surface area contributed by atoms with E-state index in [-0.39, 0.29) is 5.91 Å². The highest BCUT2D eigenvalue weighted by atomic mass is 16.1. The molecular weight excluding hydrogens is 312 g/mol. The zero-order valence-electron chi connectivity index (χ0n) is 13.9. The third-order valence-electron chi connectivity index (χ3n) is 3.78. The summed E-state index contributed by atoms with van der Waals surface area (Å²) in [6, 6.07) is 17.6. The molecule has 2 aromatic heterocycles. The second-order valence-electron chi connectivity index (χ2n) is 5.63. The maximum atomic E-state index is 12.1. The molecule has 0 unspecified atom stereocenters. The number of nitrogens with one attached hydrogen (secondary N) is 2. The van der Waals surface area contributed by atoms with Crippen LogP contribution in [0, 0.1) is 0 Å². The molecule has 0 aliphatic heterocycles. The third-order valence-corrected chi connectivity index (χ3v) is 3.78. The maximum absolute atomic E-state index is 12.1. The van der Waals surface area contributed by atoms with Crippen LogP contribution in [-0.2, 0) is 13.0 Å². The number of anilines is 1. The second kappa shape index (κ2) is 8.59. The van der Waals surface area contributed by atoms with Crippen molar-refractivity contribution in [2.75, 3.05) is 11.9 Å². The molecule has 2 heterocycles. The topological polar surface area (TPSA) is 66.9 Å². The number of amides is 1. The normalized spacial score (nSPS) is 10.2. The third kappa shape index (κ3) is 5.14. The minimum Gasteiger partial charge on any atom is -0.380 e. The van der Waals surface area contributed by atoms with Crippen LogP contribution in [0.3, 0.4) is 0 Å². The summed E-state index contributed by atoms with van der Waals surface area (Å²) in [6.45, 7) is 1.28. The van der Waals surface area contributed by atoms with Gasteiger partial charge in [0, 0.05) is 25.5 Å². The number of hydrogen-bond donors (Lipinski definition) is 2. The highest BCUT2D eigenvalue weighted by Gasteiger charge is 2.06. The first kappa shape index (κ1) is 16.6. The summed E-state index contributed by atoms with van der Waals surface area (Å²) in [6.07, 6.45) is 6.00. The Morgan fingerprint density at radius 1 is 0.920 bits per heavy atom. The van der Waals surface area contributed by atoms with Crippen molar-refractivity contribution in [3.63, 3.8) is 0 Å². The zero-order valence-corrected chi connectivity index (χ0v) is 13.9.